The van der Waals surface area contributed by atoms with E-state index in [1.165, 1.54) is 12.8 Å². The highest BCUT2D eigenvalue weighted by atomic mass is 16.5. The van der Waals surface area contributed by atoms with Crippen molar-refractivity contribution in [2.75, 3.05) is 6.61 Å². The fraction of sp³-hybridized carbons (Fsp3) is 0.833. The van der Waals surface area contributed by atoms with Crippen LogP contribution in [0.3, 0.4) is 0 Å². The third-order valence-electron chi connectivity index (χ3n) is 4.22. The van der Waals surface area contributed by atoms with Gasteiger partial charge in [-0.1, -0.05) is 58.6 Å². The summed E-state index contributed by atoms with van der Waals surface area (Å²) in [4.78, 5) is 12.5. The van der Waals surface area contributed by atoms with Gasteiger partial charge in [0, 0.05) is 0 Å². The molecular formula is C18H34O2. The third kappa shape index (κ3) is 6.11. The van der Waals surface area contributed by atoms with Gasteiger partial charge in [-0.15, -0.1) is 0 Å². The van der Waals surface area contributed by atoms with Crippen molar-refractivity contribution in [2.24, 2.45) is 17.3 Å². The lowest BCUT2D eigenvalue weighted by Crippen LogP contribution is -2.34. The minimum absolute atomic E-state index is 0.0800. The molecule has 2 nitrogen and oxygen atoms in total. The number of ether oxygens (including phenoxy) is 1. The highest BCUT2D eigenvalue weighted by Gasteiger charge is 2.36. The molecule has 118 valence electrons. The number of hydrogen-bond acceptors (Lipinski definition) is 2. The molecule has 2 heteroatoms. The first kappa shape index (κ1) is 19.2. The molecule has 0 saturated heterocycles. The maximum atomic E-state index is 12.5. The van der Waals surface area contributed by atoms with Crippen LogP contribution in [0.5, 0.6) is 0 Å². The first-order valence-corrected chi connectivity index (χ1v) is 8.11. The van der Waals surface area contributed by atoms with Gasteiger partial charge in [0.25, 0.3) is 0 Å². The zero-order chi connectivity index (χ0) is 15.8. The van der Waals surface area contributed by atoms with Gasteiger partial charge in [0.05, 0.1) is 12.0 Å². The summed E-state index contributed by atoms with van der Waals surface area (Å²) < 4.78 is 5.64. The molecule has 0 aromatic carbocycles. The van der Waals surface area contributed by atoms with Crippen LogP contribution in [0.4, 0.5) is 0 Å². The van der Waals surface area contributed by atoms with Crippen LogP contribution in [0.1, 0.15) is 74.1 Å². The van der Waals surface area contributed by atoms with E-state index in [1.807, 2.05) is 26.8 Å². The molecule has 0 saturated carbocycles. The molecular weight excluding hydrogens is 248 g/mol. The molecule has 0 amide bonds. The zero-order valence-electron chi connectivity index (χ0n) is 14.6. The third-order valence-corrected chi connectivity index (χ3v) is 4.22. The first-order valence-electron chi connectivity index (χ1n) is 8.11. The van der Waals surface area contributed by atoms with Crippen molar-refractivity contribution in [3.8, 4) is 0 Å². The molecule has 0 rings (SSSR count). The highest BCUT2D eigenvalue weighted by Crippen LogP contribution is 2.32. The van der Waals surface area contributed by atoms with Gasteiger partial charge in [0.1, 0.15) is 0 Å². The molecule has 0 aliphatic carbocycles. The Labute approximate surface area is 126 Å². The van der Waals surface area contributed by atoms with Gasteiger partial charge >= 0.3 is 5.97 Å². The second-order valence-electron chi connectivity index (χ2n) is 6.67. The quantitative estimate of drug-likeness (QED) is 0.419. The van der Waals surface area contributed by atoms with Gasteiger partial charge in [-0.3, -0.25) is 4.79 Å². The topological polar surface area (TPSA) is 26.3 Å². The minimum Gasteiger partial charge on any atom is -0.465 e. The van der Waals surface area contributed by atoms with E-state index in [2.05, 4.69) is 27.7 Å². The second-order valence-corrected chi connectivity index (χ2v) is 6.67. The summed E-state index contributed by atoms with van der Waals surface area (Å²) in [6.07, 6.45) is 6.69. The minimum atomic E-state index is -0.512. The lowest BCUT2D eigenvalue weighted by atomic mass is 9.78. The van der Waals surface area contributed by atoms with E-state index in [0.717, 1.165) is 18.4 Å². The van der Waals surface area contributed by atoms with Crippen molar-refractivity contribution < 1.29 is 9.53 Å². The summed E-state index contributed by atoms with van der Waals surface area (Å²) in [5.74, 6) is 0.659. The first-order chi connectivity index (χ1) is 9.27. The summed E-state index contributed by atoms with van der Waals surface area (Å²) in [5.41, 5.74) is 0.651. The summed E-state index contributed by atoms with van der Waals surface area (Å²) in [6, 6.07) is 0. The van der Waals surface area contributed by atoms with Crippen LogP contribution < -0.4 is 0 Å². The molecule has 0 N–H and O–H groups in total. The van der Waals surface area contributed by atoms with E-state index in [1.54, 1.807) is 0 Å². The van der Waals surface area contributed by atoms with Gasteiger partial charge in [0.2, 0.25) is 0 Å². The Morgan fingerprint density at radius 2 is 1.85 bits per heavy atom. The molecule has 0 aliphatic heterocycles. The van der Waals surface area contributed by atoms with E-state index in [-0.39, 0.29) is 11.9 Å². The van der Waals surface area contributed by atoms with Crippen LogP contribution >= 0.6 is 0 Å². The smallest absolute Gasteiger partial charge is 0.315 e. The molecule has 0 spiro atoms. The molecule has 20 heavy (non-hydrogen) atoms. The Balaban J connectivity index is 4.66. The fourth-order valence-electron chi connectivity index (χ4n) is 2.31. The molecule has 0 bridgehead atoms. The Hall–Kier alpha value is -0.790. The summed E-state index contributed by atoms with van der Waals surface area (Å²) in [5, 5.41) is 0. The Bertz CT molecular complexity index is 313. The average molecular weight is 282 g/mol. The van der Waals surface area contributed by atoms with Crippen LogP contribution in [0.15, 0.2) is 11.6 Å². The molecule has 0 heterocycles. The molecule has 0 aromatic heterocycles. The predicted molar refractivity (Wildman–Crippen MR) is 86.6 cm³/mol. The SMILES string of the molecule is CCCCC(CC)COC(=O)C(C)(C=C(C)C)C(C)C. The number of carbonyl (C=O) groups is 1. The van der Waals surface area contributed by atoms with E-state index < -0.39 is 5.41 Å². The van der Waals surface area contributed by atoms with Crippen LogP contribution in [0, 0.1) is 17.3 Å². The van der Waals surface area contributed by atoms with Gasteiger partial charge in [-0.2, -0.15) is 0 Å². The van der Waals surface area contributed by atoms with Crippen LogP contribution in [-0.4, -0.2) is 12.6 Å². The number of rotatable bonds is 9. The second kappa shape index (κ2) is 9.20. The molecule has 0 fully saturated rings. The molecule has 0 aromatic rings. The number of allylic oxidation sites excluding steroid dienone is 1. The van der Waals surface area contributed by atoms with E-state index in [0.29, 0.717) is 12.5 Å². The van der Waals surface area contributed by atoms with Crippen molar-refractivity contribution >= 4 is 5.97 Å². The Morgan fingerprint density at radius 1 is 1.25 bits per heavy atom. The van der Waals surface area contributed by atoms with Crippen molar-refractivity contribution in [2.45, 2.75) is 74.1 Å². The largest absolute Gasteiger partial charge is 0.465 e. The fourth-order valence-corrected chi connectivity index (χ4v) is 2.31. The monoisotopic (exact) mass is 282 g/mol. The van der Waals surface area contributed by atoms with Crippen molar-refractivity contribution in [1.29, 1.82) is 0 Å². The average Bonchev–Trinajstić information content (AvgIpc) is 2.37. The van der Waals surface area contributed by atoms with Crippen LogP contribution in [-0.2, 0) is 9.53 Å². The highest BCUT2D eigenvalue weighted by molar-refractivity contribution is 5.79. The molecule has 0 radical (unpaired) electrons. The standard InChI is InChI=1S/C18H34O2/c1-8-10-11-16(9-2)13-20-17(19)18(7,15(5)6)12-14(3)4/h12,15-16H,8-11,13H2,1-7H3. The Kier molecular flexibility index (Phi) is 8.84. The van der Waals surface area contributed by atoms with Crippen molar-refractivity contribution in [1.82, 2.24) is 0 Å². The zero-order valence-corrected chi connectivity index (χ0v) is 14.6. The van der Waals surface area contributed by atoms with Crippen molar-refractivity contribution in [3.05, 3.63) is 11.6 Å². The van der Waals surface area contributed by atoms with Gasteiger partial charge in [-0.25, -0.2) is 0 Å². The Morgan fingerprint density at radius 3 is 2.25 bits per heavy atom. The summed E-state index contributed by atoms with van der Waals surface area (Å²) in [7, 11) is 0. The van der Waals surface area contributed by atoms with Gasteiger partial charge in [0.15, 0.2) is 0 Å². The predicted octanol–water partition coefficient (Wildman–Crippen LogP) is 5.37. The van der Waals surface area contributed by atoms with E-state index >= 15 is 0 Å². The summed E-state index contributed by atoms with van der Waals surface area (Å²) in [6.45, 7) is 15.1. The van der Waals surface area contributed by atoms with Gasteiger partial charge in [-0.05, 0) is 39.0 Å². The van der Waals surface area contributed by atoms with Crippen LogP contribution in [0.2, 0.25) is 0 Å². The van der Waals surface area contributed by atoms with Gasteiger partial charge < -0.3 is 4.74 Å². The number of carbonyl (C=O) groups excluding carboxylic acids is 1. The van der Waals surface area contributed by atoms with E-state index in [9.17, 15) is 4.79 Å². The molecule has 0 aliphatic rings. The maximum Gasteiger partial charge on any atom is 0.315 e. The summed E-state index contributed by atoms with van der Waals surface area (Å²) >= 11 is 0. The number of hydrogen-bond donors (Lipinski definition) is 0. The van der Waals surface area contributed by atoms with E-state index in [4.69, 9.17) is 4.74 Å². The van der Waals surface area contributed by atoms with Crippen LogP contribution in [0.25, 0.3) is 0 Å². The maximum absolute atomic E-state index is 12.5. The number of unbranched alkanes of at least 4 members (excludes halogenated alkanes) is 1. The lowest BCUT2D eigenvalue weighted by Gasteiger charge is -2.29. The van der Waals surface area contributed by atoms with Crippen molar-refractivity contribution in [3.63, 3.8) is 0 Å². The lowest BCUT2D eigenvalue weighted by molar-refractivity contribution is -0.155. The number of esters is 1. The normalized spacial score (nSPS) is 15.6. The molecule has 2 atom stereocenters. The molecule has 2 unspecified atom stereocenters.